The standard InChI is InChI=1S/C24H21FN4O3S/c1-33(30,31)15-18-8-5-9-20(12-18)28-24-27-16-26-23(29-24)21-11-10-19(25)13-22(21)32-14-17-6-3-2-4-7-17/h2-13,16H,14-15H2,1H3,(H,26,27,28,29). The van der Waals surface area contributed by atoms with Gasteiger partial charge in [0.25, 0.3) is 0 Å². The highest BCUT2D eigenvalue weighted by Gasteiger charge is 2.13. The van der Waals surface area contributed by atoms with Gasteiger partial charge in [-0.3, -0.25) is 0 Å². The molecule has 0 amide bonds. The number of hydrogen-bond donors (Lipinski definition) is 1. The summed E-state index contributed by atoms with van der Waals surface area (Å²) in [6.07, 6.45) is 2.53. The third kappa shape index (κ3) is 6.33. The Morgan fingerprint density at radius 1 is 0.939 bits per heavy atom. The molecule has 0 aliphatic rings. The molecule has 3 aromatic carbocycles. The fourth-order valence-electron chi connectivity index (χ4n) is 3.19. The van der Waals surface area contributed by atoms with Crippen molar-refractivity contribution in [2.45, 2.75) is 12.4 Å². The number of ether oxygens (including phenoxy) is 1. The topological polar surface area (TPSA) is 94.1 Å². The number of aromatic nitrogens is 3. The minimum Gasteiger partial charge on any atom is -0.488 e. The summed E-state index contributed by atoms with van der Waals surface area (Å²) in [5, 5.41) is 3.06. The molecule has 4 aromatic rings. The normalized spacial score (nSPS) is 11.2. The van der Waals surface area contributed by atoms with Crippen LogP contribution in [0.15, 0.2) is 79.1 Å². The van der Waals surface area contributed by atoms with Gasteiger partial charge in [0, 0.05) is 18.0 Å². The molecular formula is C24H21FN4O3S. The van der Waals surface area contributed by atoms with Crippen molar-refractivity contribution in [3.05, 3.63) is 96.1 Å². The molecule has 0 aliphatic carbocycles. The highest BCUT2D eigenvalue weighted by molar-refractivity contribution is 7.89. The van der Waals surface area contributed by atoms with Crippen molar-refractivity contribution in [2.75, 3.05) is 11.6 Å². The van der Waals surface area contributed by atoms with Crippen molar-refractivity contribution in [2.24, 2.45) is 0 Å². The maximum absolute atomic E-state index is 13.9. The van der Waals surface area contributed by atoms with Crippen LogP contribution in [0, 0.1) is 5.82 Å². The van der Waals surface area contributed by atoms with E-state index in [1.54, 1.807) is 30.3 Å². The van der Waals surface area contributed by atoms with E-state index < -0.39 is 15.7 Å². The van der Waals surface area contributed by atoms with Crippen molar-refractivity contribution in [3.63, 3.8) is 0 Å². The zero-order valence-electron chi connectivity index (χ0n) is 17.8. The molecule has 0 aliphatic heterocycles. The molecule has 0 atom stereocenters. The Hall–Kier alpha value is -3.85. The lowest BCUT2D eigenvalue weighted by molar-refractivity contribution is 0.306. The van der Waals surface area contributed by atoms with Gasteiger partial charge in [-0.15, -0.1) is 0 Å². The second-order valence-corrected chi connectivity index (χ2v) is 9.58. The van der Waals surface area contributed by atoms with Crippen LogP contribution in [0.4, 0.5) is 16.0 Å². The summed E-state index contributed by atoms with van der Waals surface area (Å²) in [4.78, 5) is 12.8. The Balaban J connectivity index is 1.57. The molecule has 0 bridgehead atoms. The van der Waals surface area contributed by atoms with Gasteiger partial charge in [-0.2, -0.15) is 4.98 Å². The van der Waals surface area contributed by atoms with Gasteiger partial charge in [0.05, 0.1) is 11.3 Å². The Kier molecular flexibility index (Phi) is 6.60. The van der Waals surface area contributed by atoms with E-state index in [1.807, 2.05) is 30.3 Å². The third-order valence-electron chi connectivity index (χ3n) is 4.61. The van der Waals surface area contributed by atoms with Crippen molar-refractivity contribution in [1.29, 1.82) is 0 Å². The number of sulfone groups is 1. The van der Waals surface area contributed by atoms with Crippen molar-refractivity contribution < 1.29 is 17.5 Å². The largest absolute Gasteiger partial charge is 0.488 e. The molecule has 4 rings (SSSR count). The first-order valence-corrected chi connectivity index (χ1v) is 12.1. The van der Waals surface area contributed by atoms with E-state index in [2.05, 4.69) is 20.3 Å². The fourth-order valence-corrected chi connectivity index (χ4v) is 3.98. The van der Waals surface area contributed by atoms with Crippen LogP contribution in [-0.2, 0) is 22.2 Å². The molecule has 0 spiro atoms. The van der Waals surface area contributed by atoms with Gasteiger partial charge in [-0.1, -0.05) is 42.5 Å². The number of anilines is 2. The third-order valence-corrected chi connectivity index (χ3v) is 5.46. The van der Waals surface area contributed by atoms with E-state index in [0.29, 0.717) is 28.4 Å². The number of halogens is 1. The molecule has 1 aromatic heterocycles. The SMILES string of the molecule is CS(=O)(=O)Cc1cccc(Nc2ncnc(-c3ccc(F)cc3OCc3ccccc3)n2)c1. The molecule has 168 valence electrons. The maximum atomic E-state index is 13.9. The van der Waals surface area contributed by atoms with Gasteiger partial charge in [-0.05, 0) is 35.4 Å². The predicted octanol–water partition coefficient (Wildman–Crippen LogP) is 4.54. The molecule has 33 heavy (non-hydrogen) atoms. The molecule has 9 heteroatoms. The predicted molar refractivity (Wildman–Crippen MR) is 124 cm³/mol. The Labute approximate surface area is 191 Å². The van der Waals surface area contributed by atoms with E-state index in [0.717, 1.165) is 5.56 Å². The highest BCUT2D eigenvalue weighted by atomic mass is 32.2. The van der Waals surface area contributed by atoms with Crippen LogP contribution in [-0.4, -0.2) is 29.6 Å². The number of nitrogens with one attached hydrogen (secondary N) is 1. The lowest BCUT2D eigenvalue weighted by atomic mass is 10.1. The summed E-state index contributed by atoms with van der Waals surface area (Å²) < 4.78 is 42.9. The molecule has 0 saturated carbocycles. The lowest BCUT2D eigenvalue weighted by Gasteiger charge is -2.12. The number of nitrogens with zero attached hydrogens (tertiary/aromatic N) is 3. The van der Waals surface area contributed by atoms with Gasteiger partial charge >= 0.3 is 0 Å². The second-order valence-electron chi connectivity index (χ2n) is 7.44. The summed E-state index contributed by atoms with van der Waals surface area (Å²) in [6, 6.07) is 20.7. The molecule has 1 heterocycles. The van der Waals surface area contributed by atoms with Crippen LogP contribution in [0.3, 0.4) is 0 Å². The zero-order chi connectivity index (χ0) is 23.3. The van der Waals surface area contributed by atoms with Crippen LogP contribution in [0.2, 0.25) is 0 Å². The average Bonchev–Trinajstić information content (AvgIpc) is 2.78. The number of hydrogen-bond acceptors (Lipinski definition) is 7. The number of rotatable bonds is 8. The van der Waals surface area contributed by atoms with Crippen molar-refractivity contribution >= 4 is 21.5 Å². The van der Waals surface area contributed by atoms with Gasteiger partial charge in [0.15, 0.2) is 15.7 Å². The zero-order valence-corrected chi connectivity index (χ0v) is 18.6. The summed E-state index contributed by atoms with van der Waals surface area (Å²) in [7, 11) is -3.16. The molecule has 7 nitrogen and oxygen atoms in total. The van der Waals surface area contributed by atoms with Gasteiger partial charge in [-0.25, -0.2) is 22.8 Å². The lowest BCUT2D eigenvalue weighted by Crippen LogP contribution is -2.03. The summed E-state index contributed by atoms with van der Waals surface area (Å²) in [5.74, 6) is 0.378. The van der Waals surface area contributed by atoms with Crippen molar-refractivity contribution in [3.8, 4) is 17.1 Å². The maximum Gasteiger partial charge on any atom is 0.230 e. The van der Waals surface area contributed by atoms with Crippen LogP contribution in [0.5, 0.6) is 5.75 Å². The fraction of sp³-hybridized carbons (Fsp3) is 0.125. The molecule has 1 N–H and O–H groups in total. The minimum absolute atomic E-state index is 0.0668. The monoisotopic (exact) mass is 464 g/mol. The van der Waals surface area contributed by atoms with Crippen LogP contribution in [0.25, 0.3) is 11.4 Å². The van der Waals surface area contributed by atoms with E-state index in [9.17, 15) is 12.8 Å². The van der Waals surface area contributed by atoms with Crippen LogP contribution in [0.1, 0.15) is 11.1 Å². The first-order chi connectivity index (χ1) is 15.9. The second kappa shape index (κ2) is 9.74. The summed E-state index contributed by atoms with van der Waals surface area (Å²) in [5.41, 5.74) is 2.74. The molecule has 0 unspecified atom stereocenters. The van der Waals surface area contributed by atoms with E-state index >= 15 is 0 Å². The Bertz CT molecular complexity index is 1370. The van der Waals surface area contributed by atoms with E-state index in [4.69, 9.17) is 4.74 Å². The quantitative estimate of drug-likeness (QED) is 0.409. The first kappa shape index (κ1) is 22.3. The first-order valence-electron chi connectivity index (χ1n) is 10.1. The molecule has 0 saturated heterocycles. The highest BCUT2D eigenvalue weighted by Crippen LogP contribution is 2.29. The van der Waals surface area contributed by atoms with Crippen molar-refractivity contribution in [1.82, 2.24) is 15.0 Å². The summed E-state index contributed by atoms with van der Waals surface area (Å²) >= 11 is 0. The average molecular weight is 465 g/mol. The van der Waals surface area contributed by atoms with Crippen LogP contribution < -0.4 is 10.1 Å². The molecule has 0 fully saturated rings. The van der Waals surface area contributed by atoms with E-state index in [1.165, 1.54) is 24.7 Å². The Morgan fingerprint density at radius 3 is 2.52 bits per heavy atom. The minimum atomic E-state index is -3.16. The van der Waals surface area contributed by atoms with Gasteiger partial charge in [0.1, 0.15) is 24.5 Å². The van der Waals surface area contributed by atoms with Gasteiger partial charge < -0.3 is 10.1 Å². The van der Waals surface area contributed by atoms with E-state index in [-0.39, 0.29) is 18.3 Å². The van der Waals surface area contributed by atoms with Gasteiger partial charge in [0.2, 0.25) is 5.95 Å². The molecule has 0 radical (unpaired) electrons. The van der Waals surface area contributed by atoms with Crippen LogP contribution >= 0.6 is 0 Å². The smallest absolute Gasteiger partial charge is 0.230 e. The Morgan fingerprint density at radius 2 is 1.73 bits per heavy atom. The summed E-state index contributed by atoms with van der Waals surface area (Å²) in [6.45, 7) is 0.264. The molecular weight excluding hydrogens is 443 g/mol. The number of benzene rings is 3.